The lowest BCUT2D eigenvalue weighted by Gasteiger charge is -2.52. The molecule has 9 heteroatoms. The summed E-state index contributed by atoms with van der Waals surface area (Å²) in [7, 11) is 0. The molecular weight excluding hydrogens is 429 g/mol. The summed E-state index contributed by atoms with van der Waals surface area (Å²) in [4.78, 5) is 27.6. The third-order valence-corrected chi connectivity index (χ3v) is 7.36. The van der Waals surface area contributed by atoms with E-state index in [2.05, 4.69) is 5.32 Å². The van der Waals surface area contributed by atoms with Gasteiger partial charge in [0.1, 0.15) is 5.82 Å². The second-order valence-electron chi connectivity index (χ2n) is 10.1. The highest BCUT2D eigenvalue weighted by Crippen LogP contribution is 2.51. The number of aliphatic hydroxyl groups excluding tert-OH is 1. The second-order valence-corrected chi connectivity index (χ2v) is 10.1. The molecule has 3 aliphatic rings. The lowest BCUT2D eigenvalue weighted by molar-refractivity contribution is -0.0390. The third-order valence-electron chi connectivity index (χ3n) is 7.36. The van der Waals surface area contributed by atoms with Gasteiger partial charge in [-0.15, -0.1) is 0 Å². The Kier molecular flexibility index (Phi) is 6.70. The molecular formula is C24H34FN3O5. The van der Waals surface area contributed by atoms with Gasteiger partial charge < -0.3 is 19.8 Å². The van der Waals surface area contributed by atoms with Crippen molar-refractivity contribution >= 4 is 23.6 Å². The van der Waals surface area contributed by atoms with E-state index in [9.17, 15) is 19.8 Å². The Morgan fingerprint density at radius 1 is 1.33 bits per heavy atom. The monoisotopic (exact) mass is 463 g/mol. The summed E-state index contributed by atoms with van der Waals surface area (Å²) in [5, 5.41) is 22.9. The number of hydrogen-bond acceptors (Lipinski definition) is 5. The van der Waals surface area contributed by atoms with Crippen LogP contribution in [0.4, 0.5) is 25.4 Å². The first-order chi connectivity index (χ1) is 15.7. The van der Waals surface area contributed by atoms with Crippen LogP contribution in [0.2, 0.25) is 0 Å². The van der Waals surface area contributed by atoms with Crippen molar-refractivity contribution in [3.05, 3.63) is 24.0 Å². The molecule has 3 heterocycles. The highest BCUT2D eigenvalue weighted by molar-refractivity contribution is 5.85. The number of hydrogen-bond donors (Lipinski definition) is 3. The number of rotatable bonds is 5. The minimum absolute atomic E-state index is 0.0190. The molecule has 182 valence electrons. The number of halogens is 1. The predicted octanol–water partition coefficient (Wildman–Crippen LogP) is 4.28. The van der Waals surface area contributed by atoms with E-state index in [1.54, 1.807) is 17.0 Å². The molecule has 0 spiro atoms. The maximum atomic E-state index is 15.0. The molecule has 3 N–H and O–H groups in total. The number of aliphatic hydroxyl groups is 1. The van der Waals surface area contributed by atoms with Crippen LogP contribution in [0.3, 0.4) is 0 Å². The number of nitrogens with zero attached hydrogens (tertiary/aromatic N) is 2. The Hall–Kier alpha value is -2.55. The van der Waals surface area contributed by atoms with Crippen molar-refractivity contribution in [3.63, 3.8) is 0 Å². The van der Waals surface area contributed by atoms with E-state index in [1.807, 2.05) is 18.7 Å². The molecule has 2 bridgehead atoms. The van der Waals surface area contributed by atoms with E-state index < -0.39 is 29.6 Å². The Morgan fingerprint density at radius 2 is 2.12 bits per heavy atom. The predicted molar refractivity (Wildman–Crippen MR) is 122 cm³/mol. The Bertz CT molecular complexity index is 897. The van der Waals surface area contributed by atoms with Crippen molar-refractivity contribution in [2.45, 2.75) is 70.1 Å². The zero-order valence-corrected chi connectivity index (χ0v) is 19.3. The molecule has 4 rings (SSSR count). The minimum Gasteiger partial charge on any atom is -0.465 e. The number of fused-ring (bicyclic) bond motifs is 2. The van der Waals surface area contributed by atoms with Gasteiger partial charge in [-0.05, 0) is 62.6 Å². The SMILES string of the molecule is CC(C)COC(=O)Nc1ccc(N2CCCC(C34CCC(CC(O)C3)N4C(=O)O)C2)c(F)c1. The third kappa shape index (κ3) is 4.74. The summed E-state index contributed by atoms with van der Waals surface area (Å²) in [6.45, 7) is 5.35. The lowest BCUT2D eigenvalue weighted by atomic mass is 9.72. The molecule has 0 saturated carbocycles. The van der Waals surface area contributed by atoms with Gasteiger partial charge in [0.2, 0.25) is 0 Å². The van der Waals surface area contributed by atoms with E-state index in [4.69, 9.17) is 4.74 Å². The average molecular weight is 464 g/mol. The second kappa shape index (κ2) is 9.37. The summed E-state index contributed by atoms with van der Waals surface area (Å²) < 4.78 is 20.1. The largest absolute Gasteiger partial charge is 0.465 e. The molecule has 33 heavy (non-hydrogen) atoms. The number of carbonyl (C=O) groups excluding carboxylic acids is 1. The first kappa shape index (κ1) is 23.6. The van der Waals surface area contributed by atoms with Crippen LogP contribution in [0, 0.1) is 17.7 Å². The van der Waals surface area contributed by atoms with Gasteiger partial charge in [0.05, 0.1) is 23.9 Å². The van der Waals surface area contributed by atoms with E-state index in [0.717, 1.165) is 25.7 Å². The molecule has 8 nitrogen and oxygen atoms in total. The lowest BCUT2D eigenvalue weighted by Crippen LogP contribution is -2.62. The highest BCUT2D eigenvalue weighted by Gasteiger charge is 2.57. The van der Waals surface area contributed by atoms with Crippen molar-refractivity contribution in [3.8, 4) is 0 Å². The molecule has 4 atom stereocenters. The number of nitrogens with one attached hydrogen (secondary N) is 1. The highest BCUT2D eigenvalue weighted by atomic mass is 19.1. The van der Waals surface area contributed by atoms with Crippen LogP contribution in [0.1, 0.15) is 52.4 Å². The molecule has 2 amide bonds. The van der Waals surface area contributed by atoms with Crippen LogP contribution in [0.25, 0.3) is 0 Å². The number of amides is 2. The molecule has 0 aromatic heterocycles. The quantitative estimate of drug-likeness (QED) is 0.602. The first-order valence-electron chi connectivity index (χ1n) is 11.9. The van der Waals surface area contributed by atoms with Gasteiger partial charge in [-0.3, -0.25) is 10.2 Å². The van der Waals surface area contributed by atoms with Crippen molar-refractivity contribution in [1.29, 1.82) is 0 Å². The molecule has 0 radical (unpaired) electrons. The average Bonchev–Trinajstić information content (AvgIpc) is 3.02. The van der Waals surface area contributed by atoms with Crippen LogP contribution >= 0.6 is 0 Å². The first-order valence-corrected chi connectivity index (χ1v) is 11.9. The topological polar surface area (TPSA) is 102 Å². The number of ether oxygens (including phenoxy) is 1. The number of carbonyl (C=O) groups is 2. The maximum Gasteiger partial charge on any atom is 0.411 e. The molecule has 3 saturated heterocycles. The molecule has 1 aromatic carbocycles. The van der Waals surface area contributed by atoms with Crippen LogP contribution in [0.5, 0.6) is 0 Å². The smallest absolute Gasteiger partial charge is 0.411 e. The van der Waals surface area contributed by atoms with Crippen LogP contribution in [-0.2, 0) is 4.74 Å². The summed E-state index contributed by atoms with van der Waals surface area (Å²) in [5.74, 6) is -0.220. The van der Waals surface area contributed by atoms with E-state index in [1.165, 1.54) is 6.07 Å². The molecule has 1 aromatic rings. The fraction of sp³-hybridized carbons (Fsp3) is 0.667. The molecule has 4 unspecified atom stereocenters. The number of piperidine rings is 2. The Labute approximate surface area is 193 Å². The van der Waals surface area contributed by atoms with Gasteiger partial charge in [-0.1, -0.05) is 13.8 Å². The van der Waals surface area contributed by atoms with Crippen LogP contribution in [0.15, 0.2) is 18.2 Å². The maximum absolute atomic E-state index is 15.0. The summed E-state index contributed by atoms with van der Waals surface area (Å²) in [5.41, 5.74) is 0.165. The standard InChI is InChI=1S/C24H34FN3O5/c1-15(2)14-33-22(30)26-17-5-6-21(20(25)10-17)27-9-3-4-16(13-27)24-8-7-18(11-19(29)12-24)28(24)23(31)32/h5-6,10,15-16,18-19,29H,3-4,7-9,11-14H2,1-2H3,(H,26,30)(H,31,32). The number of benzene rings is 1. The number of carboxylic acid groups (broad SMARTS) is 1. The molecule has 0 aliphatic carbocycles. The van der Waals surface area contributed by atoms with Crippen molar-refractivity contribution in [2.75, 3.05) is 29.9 Å². The zero-order chi connectivity index (χ0) is 23.8. The fourth-order valence-corrected chi connectivity index (χ4v) is 6.04. The van der Waals surface area contributed by atoms with Crippen molar-refractivity contribution in [1.82, 2.24) is 4.90 Å². The van der Waals surface area contributed by atoms with Crippen molar-refractivity contribution in [2.24, 2.45) is 11.8 Å². The van der Waals surface area contributed by atoms with Gasteiger partial charge in [-0.2, -0.15) is 0 Å². The van der Waals surface area contributed by atoms with Gasteiger partial charge in [0, 0.05) is 30.7 Å². The molecule has 3 aliphatic heterocycles. The van der Waals surface area contributed by atoms with Gasteiger partial charge >= 0.3 is 12.2 Å². The summed E-state index contributed by atoms with van der Waals surface area (Å²) in [6, 6.07) is 4.44. The molecule has 3 fully saturated rings. The van der Waals surface area contributed by atoms with E-state index >= 15 is 4.39 Å². The Morgan fingerprint density at radius 3 is 2.82 bits per heavy atom. The van der Waals surface area contributed by atoms with Crippen LogP contribution < -0.4 is 10.2 Å². The van der Waals surface area contributed by atoms with Gasteiger partial charge in [0.25, 0.3) is 0 Å². The summed E-state index contributed by atoms with van der Waals surface area (Å²) >= 11 is 0. The van der Waals surface area contributed by atoms with Crippen LogP contribution in [-0.4, -0.2) is 64.7 Å². The van der Waals surface area contributed by atoms with E-state index in [0.29, 0.717) is 37.3 Å². The normalized spacial score (nSPS) is 29.3. The van der Waals surface area contributed by atoms with Gasteiger partial charge in [0.15, 0.2) is 0 Å². The Balaban J connectivity index is 1.48. The van der Waals surface area contributed by atoms with Gasteiger partial charge in [-0.25, -0.2) is 14.0 Å². The number of anilines is 2. The minimum atomic E-state index is -0.924. The fourth-order valence-electron chi connectivity index (χ4n) is 6.04. The van der Waals surface area contributed by atoms with Crippen molar-refractivity contribution < 1.29 is 28.9 Å². The summed E-state index contributed by atoms with van der Waals surface area (Å²) in [6.07, 6.45) is 2.07. The van der Waals surface area contributed by atoms with E-state index in [-0.39, 0.29) is 24.5 Å². The zero-order valence-electron chi connectivity index (χ0n) is 19.3.